The van der Waals surface area contributed by atoms with Crippen LogP contribution < -0.4 is 0 Å². The van der Waals surface area contributed by atoms with Crippen molar-refractivity contribution in [2.24, 2.45) is 11.8 Å². The highest BCUT2D eigenvalue weighted by molar-refractivity contribution is 5.43. The van der Waals surface area contributed by atoms with Crippen molar-refractivity contribution in [1.29, 1.82) is 0 Å². The van der Waals surface area contributed by atoms with E-state index in [0.29, 0.717) is 18.4 Å². The van der Waals surface area contributed by atoms with Gasteiger partial charge < -0.3 is 5.11 Å². The lowest BCUT2D eigenvalue weighted by molar-refractivity contribution is 0.143. The summed E-state index contributed by atoms with van der Waals surface area (Å²) in [6.07, 6.45) is 8.78. The topological polar surface area (TPSA) is 23.5 Å². The highest BCUT2D eigenvalue weighted by atomic mass is 16.3. The fourth-order valence-electron chi connectivity index (χ4n) is 4.73. The van der Waals surface area contributed by atoms with Crippen LogP contribution in [-0.4, -0.2) is 29.7 Å². The number of rotatable bonds is 3. The lowest BCUT2D eigenvalue weighted by Gasteiger charge is -2.43. The van der Waals surface area contributed by atoms with E-state index in [2.05, 4.69) is 41.3 Å². The largest absolute Gasteiger partial charge is 0.396 e. The molecule has 1 saturated carbocycles. The van der Waals surface area contributed by atoms with Gasteiger partial charge in [-0.15, -0.1) is 0 Å². The number of aliphatic hydroxyl groups is 1. The maximum Gasteiger partial charge on any atom is 0.0500 e. The molecule has 0 amide bonds. The molecule has 2 nitrogen and oxygen atoms in total. The number of hydrogen-bond donors (Lipinski definition) is 1. The Morgan fingerprint density at radius 1 is 1.04 bits per heavy atom. The number of allylic oxidation sites excluding steroid dienone is 2. The molecule has 2 heteroatoms. The molecule has 23 heavy (non-hydrogen) atoms. The molecule has 1 heterocycles. The second kappa shape index (κ2) is 6.62. The third-order valence-electron chi connectivity index (χ3n) is 5.89. The first-order valence-corrected chi connectivity index (χ1v) is 9.15. The van der Waals surface area contributed by atoms with Crippen LogP contribution in [0.5, 0.6) is 0 Å². The van der Waals surface area contributed by atoms with Crippen LogP contribution in [-0.2, 0) is 6.54 Å². The summed E-state index contributed by atoms with van der Waals surface area (Å²) in [5, 5.41) is 9.91. The first-order valence-electron chi connectivity index (χ1n) is 9.15. The molecule has 2 aliphatic carbocycles. The summed E-state index contributed by atoms with van der Waals surface area (Å²) in [6.45, 7) is 3.59. The van der Waals surface area contributed by atoms with E-state index in [1.807, 2.05) is 0 Å². The van der Waals surface area contributed by atoms with Gasteiger partial charge in [-0.25, -0.2) is 0 Å². The zero-order valence-corrected chi connectivity index (χ0v) is 13.9. The second-order valence-corrected chi connectivity index (χ2v) is 7.33. The normalized spacial score (nSPS) is 28.1. The standard InChI is InChI=1S/C21H27NO/c23-15-18-12-17-8-4-5-9-19(17)20-10-11-22(14-21(18)20)13-16-6-2-1-3-7-16/h1-3,6-7,12,18,21,23H,4-5,8-11,13-15H2. The maximum atomic E-state index is 9.91. The van der Waals surface area contributed by atoms with Crippen LogP contribution in [0.15, 0.2) is 53.1 Å². The first kappa shape index (κ1) is 15.2. The van der Waals surface area contributed by atoms with Gasteiger partial charge in [0.25, 0.3) is 0 Å². The predicted octanol–water partition coefficient (Wildman–Crippen LogP) is 3.93. The Kier molecular flexibility index (Phi) is 4.37. The van der Waals surface area contributed by atoms with Gasteiger partial charge in [0.05, 0.1) is 0 Å². The minimum Gasteiger partial charge on any atom is -0.396 e. The highest BCUT2D eigenvalue weighted by Gasteiger charge is 2.35. The van der Waals surface area contributed by atoms with E-state index in [0.717, 1.165) is 19.6 Å². The van der Waals surface area contributed by atoms with Gasteiger partial charge in [0.2, 0.25) is 0 Å². The molecule has 2 fully saturated rings. The number of likely N-dealkylation sites (tertiary alicyclic amines) is 1. The fraction of sp³-hybridized carbons (Fsp3) is 0.524. The molecule has 0 aromatic heterocycles. The molecule has 122 valence electrons. The number of aliphatic hydroxyl groups excluding tert-OH is 1. The predicted molar refractivity (Wildman–Crippen MR) is 94.0 cm³/mol. The lowest BCUT2D eigenvalue weighted by Crippen LogP contribution is -2.42. The number of hydrogen-bond acceptors (Lipinski definition) is 2. The highest BCUT2D eigenvalue weighted by Crippen LogP contribution is 2.44. The van der Waals surface area contributed by atoms with E-state index in [1.165, 1.54) is 37.7 Å². The van der Waals surface area contributed by atoms with Gasteiger partial charge >= 0.3 is 0 Å². The third kappa shape index (κ3) is 3.02. The van der Waals surface area contributed by atoms with Crippen LogP contribution in [0.25, 0.3) is 0 Å². The van der Waals surface area contributed by atoms with Crippen LogP contribution in [0.3, 0.4) is 0 Å². The first-order chi connectivity index (χ1) is 11.3. The zero-order chi connectivity index (χ0) is 15.6. The van der Waals surface area contributed by atoms with Crippen LogP contribution in [0, 0.1) is 11.8 Å². The Balaban J connectivity index is 1.54. The molecule has 1 N–H and O–H groups in total. The fourth-order valence-corrected chi connectivity index (χ4v) is 4.73. The van der Waals surface area contributed by atoms with Crippen LogP contribution in [0.1, 0.15) is 37.7 Å². The van der Waals surface area contributed by atoms with Gasteiger partial charge in [0.1, 0.15) is 0 Å². The lowest BCUT2D eigenvalue weighted by atomic mass is 9.69. The molecular formula is C21H27NO. The van der Waals surface area contributed by atoms with Crippen molar-refractivity contribution in [2.75, 3.05) is 19.7 Å². The molecule has 1 aliphatic heterocycles. The minimum atomic E-state index is 0.296. The summed E-state index contributed by atoms with van der Waals surface area (Å²) in [4.78, 5) is 2.58. The van der Waals surface area contributed by atoms with Crippen LogP contribution >= 0.6 is 0 Å². The summed E-state index contributed by atoms with van der Waals surface area (Å²) in [7, 11) is 0. The zero-order valence-electron chi connectivity index (χ0n) is 13.9. The van der Waals surface area contributed by atoms with Gasteiger partial charge in [-0.1, -0.05) is 42.0 Å². The molecular weight excluding hydrogens is 282 g/mol. The van der Waals surface area contributed by atoms with E-state index >= 15 is 0 Å². The van der Waals surface area contributed by atoms with Gasteiger partial charge in [-0.3, -0.25) is 4.90 Å². The summed E-state index contributed by atoms with van der Waals surface area (Å²) in [5.74, 6) is 0.870. The van der Waals surface area contributed by atoms with Crippen molar-refractivity contribution in [1.82, 2.24) is 4.90 Å². The second-order valence-electron chi connectivity index (χ2n) is 7.33. The molecule has 0 radical (unpaired) electrons. The Hall–Kier alpha value is -1.38. The van der Waals surface area contributed by atoms with Crippen molar-refractivity contribution >= 4 is 0 Å². The molecule has 2 atom stereocenters. The Bertz CT molecular complexity index is 616. The molecule has 0 bridgehead atoms. The van der Waals surface area contributed by atoms with E-state index in [4.69, 9.17) is 0 Å². The maximum absolute atomic E-state index is 9.91. The smallest absolute Gasteiger partial charge is 0.0500 e. The number of nitrogens with zero attached hydrogens (tertiary/aromatic N) is 1. The van der Waals surface area contributed by atoms with Crippen molar-refractivity contribution in [3.05, 3.63) is 58.7 Å². The van der Waals surface area contributed by atoms with E-state index in [9.17, 15) is 5.11 Å². The SMILES string of the molecule is OCC1C=C2CCCCC2=C2CCN(Cc3ccccc3)CC21. The van der Waals surface area contributed by atoms with Crippen LogP contribution in [0.4, 0.5) is 0 Å². The van der Waals surface area contributed by atoms with E-state index in [-0.39, 0.29) is 0 Å². The average Bonchev–Trinajstić information content (AvgIpc) is 2.61. The van der Waals surface area contributed by atoms with E-state index in [1.54, 1.807) is 16.7 Å². The third-order valence-corrected chi connectivity index (χ3v) is 5.89. The van der Waals surface area contributed by atoms with Crippen molar-refractivity contribution in [3.8, 4) is 0 Å². The number of benzene rings is 1. The summed E-state index contributed by atoms with van der Waals surface area (Å²) < 4.78 is 0. The monoisotopic (exact) mass is 309 g/mol. The molecule has 0 spiro atoms. The summed E-state index contributed by atoms with van der Waals surface area (Å²) in [6, 6.07) is 10.8. The van der Waals surface area contributed by atoms with Gasteiger partial charge in [-0.05, 0) is 48.8 Å². The Morgan fingerprint density at radius 3 is 2.70 bits per heavy atom. The van der Waals surface area contributed by atoms with Crippen molar-refractivity contribution in [3.63, 3.8) is 0 Å². The van der Waals surface area contributed by atoms with Gasteiger partial charge in [0.15, 0.2) is 0 Å². The quantitative estimate of drug-likeness (QED) is 0.914. The molecule has 3 aliphatic rings. The molecule has 2 unspecified atom stereocenters. The minimum absolute atomic E-state index is 0.296. The van der Waals surface area contributed by atoms with Gasteiger partial charge in [0, 0.05) is 38.1 Å². The van der Waals surface area contributed by atoms with Crippen molar-refractivity contribution < 1.29 is 5.11 Å². The molecule has 4 rings (SSSR count). The number of piperidine rings is 1. The Morgan fingerprint density at radius 2 is 1.87 bits per heavy atom. The van der Waals surface area contributed by atoms with Crippen LogP contribution in [0.2, 0.25) is 0 Å². The molecule has 1 aromatic carbocycles. The molecule has 1 saturated heterocycles. The summed E-state index contributed by atoms with van der Waals surface area (Å²) in [5.41, 5.74) is 6.32. The summed E-state index contributed by atoms with van der Waals surface area (Å²) >= 11 is 0. The Labute approximate surface area is 139 Å². The van der Waals surface area contributed by atoms with Gasteiger partial charge in [-0.2, -0.15) is 0 Å². The number of fused-ring (bicyclic) bond motifs is 2. The van der Waals surface area contributed by atoms with E-state index < -0.39 is 0 Å². The molecule has 1 aromatic rings. The van der Waals surface area contributed by atoms with Crippen molar-refractivity contribution in [2.45, 2.75) is 38.6 Å². The average molecular weight is 309 g/mol.